The van der Waals surface area contributed by atoms with E-state index in [-0.39, 0.29) is 11.8 Å². The number of carbonyl (C=O) groups excluding carboxylic acids is 2. The molecule has 0 saturated carbocycles. The first kappa shape index (κ1) is 17.8. The van der Waals surface area contributed by atoms with Gasteiger partial charge in [0.15, 0.2) is 0 Å². The van der Waals surface area contributed by atoms with Crippen molar-refractivity contribution in [3.8, 4) is 0 Å². The van der Waals surface area contributed by atoms with Crippen molar-refractivity contribution in [3.05, 3.63) is 56.2 Å². The number of nitrogens with one attached hydrogen (secondary N) is 2. The number of amides is 2. The second-order valence-electron chi connectivity index (χ2n) is 4.85. The molecule has 2 aromatic rings. The topological polar surface area (TPSA) is 58.2 Å². The maximum Gasteiger partial charge on any atom is 0.261 e. The van der Waals surface area contributed by atoms with E-state index in [4.69, 9.17) is 23.2 Å². The van der Waals surface area contributed by atoms with Gasteiger partial charge in [0, 0.05) is 29.6 Å². The predicted octanol–water partition coefficient (Wildman–Crippen LogP) is 3.88. The number of carbonyl (C=O) groups is 2. The molecule has 2 rings (SSSR count). The molecule has 0 aliphatic heterocycles. The molecule has 0 atom stereocenters. The Morgan fingerprint density at radius 1 is 1.13 bits per heavy atom. The van der Waals surface area contributed by atoms with Gasteiger partial charge in [-0.2, -0.15) is 0 Å². The molecule has 0 aliphatic carbocycles. The van der Waals surface area contributed by atoms with Gasteiger partial charge in [0.2, 0.25) is 5.91 Å². The molecule has 122 valence electrons. The van der Waals surface area contributed by atoms with Crippen LogP contribution in [0.3, 0.4) is 0 Å². The summed E-state index contributed by atoms with van der Waals surface area (Å²) in [6.45, 7) is 0.822. The van der Waals surface area contributed by atoms with Gasteiger partial charge in [0.05, 0.1) is 4.88 Å². The SMILES string of the molecule is O=C(CCCNC(=O)c1cccs1)NCc1ccc(Cl)cc1Cl. The lowest BCUT2D eigenvalue weighted by Crippen LogP contribution is -2.27. The van der Waals surface area contributed by atoms with Gasteiger partial charge in [-0.1, -0.05) is 35.3 Å². The molecule has 7 heteroatoms. The Morgan fingerprint density at radius 3 is 2.65 bits per heavy atom. The van der Waals surface area contributed by atoms with Crippen LogP contribution in [0.15, 0.2) is 35.7 Å². The van der Waals surface area contributed by atoms with Crippen molar-refractivity contribution in [2.45, 2.75) is 19.4 Å². The molecule has 0 fully saturated rings. The molecule has 1 aromatic heterocycles. The van der Waals surface area contributed by atoms with Crippen LogP contribution < -0.4 is 10.6 Å². The zero-order valence-corrected chi connectivity index (χ0v) is 14.6. The molecule has 0 unspecified atom stereocenters. The summed E-state index contributed by atoms with van der Waals surface area (Å²) in [6.07, 6.45) is 0.924. The summed E-state index contributed by atoms with van der Waals surface area (Å²) in [4.78, 5) is 24.1. The van der Waals surface area contributed by atoms with Crippen molar-refractivity contribution in [3.63, 3.8) is 0 Å². The van der Waals surface area contributed by atoms with Gasteiger partial charge >= 0.3 is 0 Å². The van der Waals surface area contributed by atoms with Gasteiger partial charge < -0.3 is 10.6 Å². The van der Waals surface area contributed by atoms with Gasteiger partial charge in [0.1, 0.15) is 0 Å². The number of rotatable bonds is 7. The number of hydrogen-bond donors (Lipinski definition) is 2. The lowest BCUT2D eigenvalue weighted by molar-refractivity contribution is -0.121. The van der Waals surface area contributed by atoms with E-state index in [1.165, 1.54) is 11.3 Å². The normalized spacial score (nSPS) is 10.3. The molecule has 0 spiro atoms. The van der Waals surface area contributed by atoms with Crippen molar-refractivity contribution in [2.75, 3.05) is 6.54 Å². The predicted molar refractivity (Wildman–Crippen MR) is 94.2 cm³/mol. The number of thiophene rings is 1. The molecule has 1 aromatic carbocycles. The van der Waals surface area contributed by atoms with Crippen LogP contribution in [-0.2, 0) is 11.3 Å². The third-order valence-corrected chi connectivity index (χ3v) is 4.56. The van der Waals surface area contributed by atoms with Gasteiger partial charge in [-0.25, -0.2) is 0 Å². The van der Waals surface area contributed by atoms with E-state index < -0.39 is 0 Å². The fourth-order valence-electron chi connectivity index (χ4n) is 1.89. The first-order valence-corrected chi connectivity index (χ1v) is 8.72. The molecule has 23 heavy (non-hydrogen) atoms. The highest BCUT2D eigenvalue weighted by molar-refractivity contribution is 7.12. The Bertz CT molecular complexity index is 675. The van der Waals surface area contributed by atoms with E-state index in [2.05, 4.69) is 10.6 Å². The minimum atomic E-state index is -0.103. The second kappa shape index (κ2) is 8.91. The minimum Gasteiger partial charge on any atom is -0.352 e. The monoisotopic (exact) mass is 370 g/mol. The molecule has 0 bridgehead atoms. The summed E-state index contributed by atoms with van der Waals surface area (Å²) in [6, 6.07) is 8.75. The highest BCUT2D eigenvalue weighted by Gasteiger charge is 2.07. The Morgan fingerprint density at radius 2 is 1.96 bits per heavy atom. The maximum atomic E-state index is 11.8. The second-order valence-corrected chi connectivity index (χ2v) is 6.64. The van der Waals surface area contributed by atoms with Gasteiger partial charge in [-0.3, -0.25) is 9.59 Å². The van der Waals surface area contributed by atoms with Crippen LogP contribution in [0, 0.1) is 0 Å². The fraction of sp³-hybridized carbons (Fsp3) is 0.250. The summed E-state index contributed by atoms with van der Waals surface area (Å²) in [5.74, 6) is -0.185. The molecule has 2 amide bonds. The van der Waals surface area contributed by atoms with Crippen LogP contribution in [-0.4, -0.2) is 18.4 Å². The average molecular weight is 371 g/mol. The minimum absolute atomic E-state index is 0.0820. The van der Waals surface area contributed by atoms with Crippen LogP contribution in [0.4, 0.5) is 0 Å². The largest absolute Gasteiger partial charge is 0.352 e. The molecule has 0 radical (unpaired) electrons. The van der Waals surface area contributed by atoms with Crippen LogP contribution in [0.25, 0.3) is 0 Å². The highest BCUT2D eigenvalue weighted by atomic mass is 35.5. The summed E-state index contributed by atoms with van der Waals surface area (Å²) in [5, 5.41) is 8.52. The van der Waals surface area contributed by atoms with Crippen LogP contribution in [0.2, 0.25) is 10.0 Å². The maximum absolute atomic E-state index is 11.8. The summed E-state index contributed by atoms with van der Waals surface area (Å²) in [5.41, 5.74) is 0.815. The van der Waals surface area contributed by atoms with E-state index in [9.17, 15) is 9.59 Å². The summed E-state index contributed by atoms with van der Waals surface area (Å²) >= 11 is 13.3. The smallest absolute Gasteiger partial charge is 0.261 e. The Labute approximate surface area is 148 Å². The standard InChI is InChI=1S/C16H16Cl2N2O2S/c17-12-6-5-11(13(18)9-12)10-20-15(21)4-1-7-19-16(22)14-3-2-8-23-14/h2-3,5-6,8-9H,1,4,7,10H2,(H,19,22)(H,20,21). The quantitative estimate of drug-likeness (QED) is 0.726. The van der Waals surface area contributed by atoms with Gasteiger partial charge in [0.25, 0.3) is 5.91 Å². The summed E-state index contributed by atoms with van der Waals surface area (Å²) < 4.78 is 0. The van der Waals surface area contributed by atoms with E-state index >= 15 is 0 Å². The van der Waals surface area contributed by atoms with Gasteiger partial charge in [-0.15, -0.1) is 11.3 Å². The zero-order chi connectivity index (χ0) is 16.7. The van der Waals surface area contributed by atoms with E-state index in [1.807, 2.05) is 11.4 Å². The van der Waals surface area contributed by atoms with E-state index in [1.54, 1.807) is 24.3 Å². The third kappa shape index (κ3) is 5.86. The number of benzene rings is 1. The first-order chi connectivity index (χ1) is 11.1. The Balaban J connectivity index is 1.64. The van der Waals surface area contributed by atoms with E-state index in [0.29, 0.717) is 40.9 Å². The van der Waals surface area contributed by atoms with Crippen molar-refractivity contribution in [1.82, 2.24) is 10.6 Å². The van der Waals surface area contributed by atoms with Crippen molar-refractivity contribution < 1.29 is 9.59 Å². The van der Waals surface area contributed by atoms with Gasteiger partial charge in [-0.05, 0) is 35.6 Å². The molecule has 0 aliphatic rings. The zero-order valence-electron chi connectivity index (χ0n) is 12.3. The van der Waals surface area contributed by atoms with Crippen molar-refractivity contribution >= 4 is 46.4 Å². The highest BCUT2D eigenvalue weighted by Crippen LogP contribution is 2.20. The molecule has 0 saturated heterocycles. The van der Waals surface area contributed by atoms with Crippen molar-refractivity contribution in [2.24, 2.45) is 0 Å². The molecule has 2 N–H and O–H groups in total. The molecular weight excluding hydrogens is 355 g/mol. The van der Waals surface area contributed by atoms with E-state index in [0.717, 1.165) is 5.56 Å². The van der Waals surface area contributed by atoms with Crippen molar-refractivity contribution in [1.29, 1.82) is 0 Å². The third-order valence-electron chi connectivity index (χ3n) is 3.10. The number of hydrogen-bond acceptors (Lipinski definition) is 3. The Kier molecular flexibility index (Phi) is 6.89. The van der Waals surface area contributed by atoms with Crippen LogP contribution in [0.5, 0.6) is 0 Å². The molecule has 4 nitrogen and oxygen atoms in total. The lowest BCUT2D eigenvalue weighted by Gasteiger charge is -2.08. The molecular formula is C16H16Cl2N2O2S. The first-order valence-electron chi connectivity index (χ1n) is 7.08. The average Bonchev–Trinajstić information content (AvgIpc) is 3.05. The summed E-state index contributed by atoms with van der Waals surface area (Å²) in [7, 11) is 0. The van der Waals surface area contributed by atoms with Crippen LogP contribution >= 0.6 is 34.5 Å². The fourth-order valence-corrected chi connectivity index (χ4v) is 3.01. The van der Waals surface area contributed by atoms with Crippen LogP contribution in [0.1, 0.15) is 28.1 Å². The lowest BCUT2D eigenvalue weighted by atomic mass is 10.2. The molecule has 1 heterocycles. The number of halogens is 2. The Hall–Kier alpha value is -1.56.